The van der Waals surface area contributed by atoms with E-state index in [1.54, 1.807) is 19.3 Å². The van der Waals surface area contributed by atoms with E-state index in [9.17, 15) is 19.5 Å². The molecule has 7 rings (SSSR count). The quantitative estimate of drug-likeness (QED) is 0.424. The van der Waals surface area contributed by atoms with E-state index in [0.29, 0.717) is 24.3 Å². The molecular formula is C32H34FN5O5. The number of esters is 1. The summed E-state index contributed by atoms with van der Waals surface area (Å²) in [4.78, 5) is 47.8. The number of benzene rings is 2. The molecule has 1 atom stereocenters. The Morgan fingerprint density at radius 2 is 1.84 bits per heavy atom. The largest absolute Gasteiger partial charge is 0.465 e. The van der Waals surface area contributed by atoms with Crippen molar-refractivity contribution >= 4 is 23.7 Å². The molecule has 2 fully saturated rings. The van der Waals surface area contributed by atoms with Crippen LogP contribution in [0.5, 0.6) is 0 Å². The van der Waals surface area contributed by atoms with Crippen LogP contribution in [0, 0.1) is 11.2 Å². The van der Waals surface area contributed by atoms with Gasteiger partial charge in [-0.15, -0.1) is 0 Å². The number of aromatic nitrogens is 2. The van der Waals surface area contributed by atoms with Crippen LogP contribution in [0.25, 0.3) is 11.1 Å². The zero-order valence-corrected chi connectivity index (χ0v) is 24.1. The van der Waals surface area contributed by atoms with Gasteiger partial charge in [-0.05, 0) is 68.0 Å². The van der Waals surface area contributed by atoms with Gasteiger partial charge in [-0.3, -0.25) is 4.79 Å². The summed E-state index contributed by atoms with van der Waals surface area (Å²) in [6.07, 6.45) is 4.29. The Balaban J connectivity index is 1.09. The molecule has 0 saturated carbocycles. The number of ether oxygens (including phenoxy) is 1. The van der Waals surface area contributed by atoms with Crippen LogP contribution >= 0.6 is 0 Å². The molecule has 0 radical (unpaired) electrons. The van der Waals surface area contributed by atoms with Crippen molar-refractivity contribution in [2.24, 2.45) is 5.41 Å². The number of amides is 2. The molecule has 0 bridgehead atoms. The van der Waals surface area contributed by atoms with Crippen molar-refractivity contribution in [1.29, 1.82) is 0 Å². The maximum atomic E-state index is 15.5. The first-order valence-corrected chi connectivity index (χ1v) is 14.9. The van der Waals surface area contributed by atoms with Crippen LogP contribution in [0.2, 0.25) is 0 Å². The summed E-state index contributed by atoms with van der Waals surface area (Å²) in [5.41, 5.74) is 4.55. The molecule has 5 heterocycles. The number of carbonyl (C=O) groups is 3. The van der Waals surface area contributed by atoms with E-state index in [1.165, 1.54) is 15.9 Å². The summed E-state index contributed by atoms with van der Waals surface area (Å²) >= 11 is 0. The second kappa shape index (κ2) is 10.4. The van der Waals surface area contributed by atoms with Crippen molar-refractivity contribution in [3.8, 4) is 11.1 Å². The molecule has 224 valence electrons. The van der Waals surface area contributed by atoms with Crippen molar-refractivity contribution in [2.45, 2.75) is 51.7 Å². The van der Waals surface area contributed by atoms with Gasteiger partial charge in [0.25, 0.3) is 5.91 Å². The number of nitrogens with zero attached hydrogens (tertiary/aromatic N) is 5. The lowest BCUT2D eigenvalue weighted by molar-refractivity contribution is -0.149. The van der Waals surface area contributed by atoms with Gasteiger partial charge in [-0.2, -0.15) is 0 Å². The van der Waals surface area contributed by atoms with Crippen LogP contribution in [0.1, 0.15) is 59.5 Å². The third kappa shape index (κ3) is 4.61. The smallest absolute Gasteiger partial charge is 0.407 e. The average Bonchev–Trinajstić information content (AvgIpc) is 3.69. The third-order valence-corrected chi connectivity index (χ3v) is 9.60. The lowest BCUT2D eigenvalue weighted by Crippen LogP contribution is -2.60. The Hall–Kier alpha value is -4.41. The van der Waals surface area contributed by atoms with Gasteiger partial charge < -0.3 is 29.1 Å². The maximum absolute atomic E-state index is 15.5. The first-order chi connectivity index (χ1) is 20.8. The molecule has 4 aliphatic rings. The van der Waals surface area contributed by atoms with Gasteiger partial charge in [0.15, 0.2) is 6.04 Å². The molecule has 2 aromatic carbocycles. The summed E-state index contributed by atoms with van der Waals surface area (Å²) < 4.78 is 22.9. The number of halogens is 1. The highest BCUT2D eigenvalue weighted by Crippen LogP contribution is 2.43. The molecule has 4 aliphatic heterocycles. The third-order valence-electron chi connectivity index (χ3n) is 9.60. The number of aryl methyl sites for hydroxylation is 1. The highest BCUT2D eigenvalue weighted by molar-refractivity contribution is 6.02. The summed E-state index contributed by atoms with van der Waals surface area (Å²) in [6.45, 7) is 5.59. The number of imidazole rings is 1. The lowest BCUT2D eigenvalue weighted by atomic mass is 9.72. The number of carboxylic acid groups (broad SMARTS) is 1. The zero-order valence-electron chi connectivity index (χ0n) is 24.1. The highest BCUT2D eigenvalue weighted by atomic mass is 19.1. The second-order valence-corrected chi connectivity index (χ2v) is 12.1. The fourth-order valence-corrected chi connectivity index (χ4v) is 7.20. The maximum Gasteiger partial charge on any atom is 0.407 e. The number of fused-ring (bicyclic) bond motifs is 2. The minimum absolute atomic E-state index is 0.0318. The van der Waals surface area contributed by atoms with Crippen molar-refractivity contribution < 1.29 is 28.6 Å². The molecule has 2 amide bonds. The summed E-state index contributed by atoms with van der Waals surface area (Å²) in [5, 5.41) is 9.23. The van der Waals surface area contributed by atoms with Gasteiger partial charge in [-0.1, -0.05) is 12.1 Å². The average molecular weight is 588 g/mol. The number of piperidine rings is 1. The number of hydrogen-bond donors (Lipinski definition) is 1. The minimum Gasteiger partial charge on any atom is -0.465 e. The van der Waals surface area contributed by atoms with Crippen LogP contribution in [0.15, 0.2) is 42.7 Å². The van der Waals surface area contributed by atoms with Gasteiger partial charge in [0, 0.05) is 60.6 Å². The normalized spacial score (nSPS) is 19.3. The van der Waals surface area contributed by atoms with Gasteiger partial charge in [-0.25, -0.2) is 19.0 Å². The second-order valence-electron chi connectivity index (χ2n) is 12.1. The monoisotopic (exact) mass is 587 g/mol. The Bertz CT molecular complexity index is 1600. The van der Waals surface area contributed by atoms with Gasteiger partial charge >= 0.3 is 12.1 Å². The summed E-state index contributed by atoms with van der Waals surface area (Å²) in [5.74, 6) is -1.46. The molecule has 10 nitrogen and oxygen atoms in total. The first-order valence-electron chi connectivity index (χ1n) is 14.9. The Kier molecular flexibility index (Phi) is 6.63. The topological polar surface area (TPSA) is 108 Å². The minimum atomic E-state index is -1.03. The number of rotatable bonds is 6. The molecular weight excluding hydrogens is 553 g/mol. The molecule has 11 heteroatoms. The Labute approximate surface area is 248 Å². The number of anilines is 1. The summed E-state index contributed by atoms with van der Waals surface area (Å²) in [6, 6.07) is 10.0. The number of hydrogen-bond acceptors (Lipinski definition) is 6. The van der Waals surface area contributed by atoms with Crippen LogP contribution in [-0.2, 0) is 29.0 Å². The van der Waals surface area contributed by atoms with Crippen LogP contribution in [-0.4, -0.2) is 75.2 Å². The van der Waals surface area contributed by atoms with Crippen molar-refractivity contribution in [3.63, 3.8) is 0 Å². The Morgan fingerprint density at radius 1 is 1.09 bits per heavy atom. The van der Waals surface area contributed by atoms with Gasteiger partial charge in [0.2, 0.25) is 0 Å². The van der Waals surface area contributed by atoms with Crippen LogP contribution in [0.4, 0.5) is 14.9 Å². The molecule has 1 N–H and O–H groups in total. The fourth-order valence-electron chi connectivity index (χ4n) is 7.20. The van der Waals surface area contributed by atoms with E-state index in [2.05, 4.69) is 9.88 Å². The molecule has 1 unspecified atom stereocenters. The van der Waals surface area contributed by atoms with Gasteiger partial charge in [0.1, 0.15) is 5.82 Å². The van der Waals surface area contributed by atoms with Crippen LogP contribution in [0.3, 0.4) is 0 Å². The molecule has 0 aliphatic carbocycles. The highest BCUT2D eigenvalue weighted by Gasteiger charge is 2.46. The van der Waals surface area contributed by atoms with Crippen molar-refractivity contribution in [2.75, 3.05) is 37.7 Å². The molecule has 43 heavy (non-hydrogen) atoms. The van der Waals surface area contributed by atoms with E-state index in [-0.39, 0.29) is 29.7 Å². The van der Waals surface area contributed by atoms with E-state index < -0.39 is 29.8 Å². The molecule has 3 aromatic rings. The zero-order chi connectivity index (χ0) is 29.9. The van der Waals surface area contributed by atoms with Gasteiger partial charge in [0.05, 0.1) is 25.2 Å². The lowest BCUT2D eigenvalue weighted by Gasteiger charge is -2.54. The van der Waals surface area contributed by atoms with Crippen molar-refractivity contribution in [1.82, 2.24) is 19.4 Å². The molecule has 1 aromatic heterocycles. The molecule has 1 spiro atoms. The fraction of sp³-hybridized carbons (Fsp3) is 0.438. The summed E-state index contributed by atoms with van der Waals surface area (Å²) in [7, 11) is 0. The van der Waals surface area contributed by atoms with E-state index >= 15 is 4.39 Å². The van der Waals surface area contributed by atoms with Crippen molar-refractivity contribution in [3.05, 3.63) is 71.1 Å². The standard InChI is InChI=1S/C32H34FN5O5/c1-2-43-30(40)28(27-26-4-3-11-36(26)19-34-27)38-16-24-23(29(38)39)14-21(15-25(24)33)20-5-7-22(8-6-20)37-17-32(18-37)9-12-35(13-10-32)31(41)42/h5-8,14-15,19,28H,2-4,9-13,16-18H2,1H3,(H,41,42). The Morgan fingerprint density at radius 3 is 2.53 bits per heavy atom. The molecule has 2 saturated heterocycles. The predicted octanol–water partition coefficient (Wildman–Crippen LogP) is 4.48. The predicted molar refractivity (Wildman–Crippen MR) is 155 cm³/mol. The first kappa shape index (κ1) is 27.4. The number of likely N-dealkylation sites (tertiary alicyclic amines) is 1. The van der Waals surface area contributed by atoms with E-state index in [4.69, 9.17) is 4.74 Å². The van der Waals surface area contributed by atoms with E-state index in [1.807, 2.05) is 28.8 Å². The van der Waals surface area contributed by atoms with Crippen LogP contribution < -0.4 is 4.90 Å². The SMILES string of the molecule is CCOC(=O)C(c1ncn2c1CCC2)N1Cc2c(F)cc(-c3ccc(N4CC5(CCN(C(=O)O)CC5)C4)cc3)cc2C1=O. The number of carbonyl (C=O) groups excluding carboxylic acids is 2. The van der Waals surface area contributed by atoms with E-state index in [0.717, 1.165) is 62.3 Å².